The SMILES string of the molecule is O=C(N/N=C/C=C/c1ccccc1)c1ccncc1.O=C(N/N=C/C=C/c1ccccc1)c1ccncc1. The number of carbonyl (C=O) groups is 2. The van der Waals surface area contributed by atoms with E-state index in [1.165, 1.54) is 12.4 Å². The Morgan fingerprint density at radius 1 is 0.553 bits per heavy atom. The van der Waals surface area contributed by atoms with E-state index in [1.807, 2.05) is 72.8 Å². The Bertz CT molecular complexity index is 1260. The van der Waals surface area contributed by atoms with Crippen LogP contribution in [0.2, 0.25) is 0 Å². The molecule has 0 atom stereocenters. The van der Waals surface area contributed by atoms with E-state index in [4.69, 9.17) is 0 Å². The Balaban J connectivity index is 0.000000211. The molecule has 0 unspecified atom stereocenters. The number of benzene rings is 2. The number of nitrogens with zero attached hydrogens (tertiary/aromatic N) is 4. The minimum Gasteiger partial charge on any atom is -0.267 e. The molecule has 0 spiro atoms. The number of aromatic nitrogens is 2. The summed E-state index contributed by atoms with van der Waals surface area (Å²) in [6, 6.07) is 26.2. The second-order valence-electron chi connectivity index (χ2n) is 7.45. The van der Waals surface area contributed by atoms with Gasteiger partial charge in [0.2, 0.25) is 0 Å². The molecule has 8 heteroatoms. The Morgan fingerprint density at radius 2 is 0.921 bits per heavy atom. The summed E-state index contributed by atoms with van der Waals surface area (Å²) in [4.78, 5) is 30.9. The first-order valence-electron chi connectivity index (χ1n) is 11.6. The van der Waals surface area contributed by atoms with Crippen molar-refractivity contribution >= 4 is 36.4 Å². The van der Waals surface area contributed by atoms with Gasteiger partial charge in [-0.15, -0.1) is 0 Å². The second kappa shape index (κ2) is 16.2. The van der Waals surface area contributed by atoms with Crippen LogP contribution < -0.4 is 10.9 Å². The molecular weight excluding hydrogens is 476 g/mol. The summed E-state index contributed by atoms with van der Waals surface area (Å²) < 4.78 is 0. The van der Waals surface area contributed by atoms with E-state index in [0.29, 0.717) is 11.1 Å². The summed E-state index contributed by atoms with van der Waals surface area (Å²) in [7, 11) is 0. The molecule has 0 bridgehead atoms. The molecule has 0 fully saturated rings. The molecular formula is C30H26N6O2. The summed E-state index contributed by atoms with van der Waals surface area (Å²) in [5, 5.41) is 7.66. The van der Waals surface area contributed by atoms with Crippen LogP contribution in [-0.2, 0) is 0 Å². The quantitative estimate of drug-likeness (QED) is 0.260. The average molecular weight is 503 g/mol. The van der Waals surface area contributed by atoms with Gasteiger partial charge in [0.25, 0.3) is 11.8 Å². The van der Waals surface area contributed by atoms with Crippen molar-refractivity contribution in [1.82, 2.24) is 20.8 Å². The maximum absolute atomic E-state index is 11.6. The first-order chi connectivity index (χ1) is 18.7. The van der Waals surface area contributed by atoms with Crippen LogP contribution in [-0.4, -0.2) is 34.2 Å². The fourth-order valence-electron chi connectivity index (χ4n) is 2.85. The molecule has 2 heterocycles. The van der Waals surface area contributed by atoms with Gasteiger partial charge in [-0.25, -0.2) is 10.9 Å². The van der Waals surface area contributed by atoms with Crippen molar-refractivity contribution in [2.24, 2.45) is 10.2 Å². The number of hydrazone groups is 2. The lowest BCUT2D eigenvalue weighted by atomic mass is 10.2. The highest BCUT2D eigenvalue weighted by molar-refractivity contribution is 5.95. The number of rotatable bonds is 8. The average Bonchev–Trinajstić information content (AvgIpc) is 2.99. The van der Waals surface area contributed by atoms with Gasteiger partial charge in [0.15, 0.2) is 0 Å². The first kappa shape index (κ1) is 27.1. The van der Waals surface area contributed by atoms with E-state index in [0.717, 1.165) is 11.1 Å². The third kappa shape index (κ3) is 10.4. The largest absolute Gasteiger partial charge is 0.271 e. The summed E-state index contributed by atoms with van der Waals surface area (Å²) >= 11 is 0. The van der Waals surface area contributed by atoms with Gasteiger partial charge in [-0.1, -0.05) is 72.8 Å². The number of pyridine rings is 2. The lowest BCUT2D eigenvalue weighted by Gasteiger charge is -1.97. The number of hydrogen-bond donors (Lipinski definition) is 2. The maximum atomic E-state index is 11.6. The predicted octanol–water partition coefficient (Wildman–Crippen LogP) is 5.02. The molecule has 0 saturated heterocycles. The van der Waals surface area contributed by atoms with Crippen molar-refractivity contribution in [2.75, 3.05) is 0 Å². The highest BCUT2D eigenvalue weighted by atomic mass is 16.2. The normalized spacial score (nSPS) is 10.9. The van der Waals surface area contributed by atoms with E-state index in [1.54, 1.807) is 61.2 Å². The lowest BCUT2D eigenvalue weighted by Crippen LogP contribution is -2.17. The molecule has 0 radical (unpaired) electrons. The van der Waals surface area contributed by atoms with Crippen LogP contribution in [0.3, 0.4) is 0 Å². The Labute approximate surface area is 221 Å². The third-order valence-electron chi connectivity index (χ3n) is 4.71. The molecule has 0 aliphatic carbocycles. The Hall–Kier alpha value is -5.50. The lowest BCUT2D eigenvalue weighted by molar-refractivity contribution is 0.0947. The van der Waals surface area contributed by atoms with Crippen LogP contribution in [0.4, 0.5) is 0 Å². The van der Waals surface area contributed by atoms with Crippen molar-refractivity contribution in [1.29, 1.82) is 0 Å². The predicted molar refractivity (Wildman–Crippen MR) is 151 cm³/mol. The van der Waals surface area contributed by atoms with Crippen molar-refractivity contribution in [3.8, 4) is 0 Å². The van der Waals surface area contributed by atoms with Gasteiger partial charge >= 0.3 is 0 Å². The minimum atomic E-state index is -0.258. The van der Waals surface area contributed by atoms with Gasteiger partial charge in [-0.3, -0.25) is 19.6 Å². The van der Waals surface area contributed by atoms with E-state index in [9.17, 15) is 9.59 Å². The molecule has 0 aliphatic heterocycles. The van der Waals surface area contributed by atoms with Crippen LogP contribution in [0.25, 0.3) is 12.2 Å². The summed E-state index contributed by atoms with van der Waals surface area (Å²) in [6.07, 6.45) is 16.7. The zero-order valence-corrected chi connectivity index (χ0v) is 20.5. The molecule has 188 valence electrons. The van der Waals surface area contributed by atoms with Gasteiger partial charge in [-0.2, -0.15) is 10.2 Å². The fourth-order valence-corrected chi connectivity index (χ4v) is 2.85. The van der Waals surface area contributed by atoms with Gasteiger partial charge in [0, 0.05) is 48.3 Å². The van der Waals surface area contributed by atoms with Crippen LogP contribution in [0, 0.1) is 0 Å². The third-order valence-corrected chi connectivity index (χ3v) is 4.71. The van der Waals surface area contributed by atoms with E-state index >= 15 is 0 Å². The molecule has 4 rings (SSSR count). The second-order valence-corrected chi connectivity index (χ2v) is 7.45. The molecule has 0 aliphatic rings. The fraction of sp³-hybridized carbons (Fsp3) is 0. The first-order valence-corrected chi connectivity index (χ1v) is 11.6. The van der Waals surface area contributed by atoms with Gasteiger partial charge in [-0.05, 0) is 47.5 Å². The van der Waals surface area contributed by atoms with E-state index in [2.05, 4.69) is 31.0 Å². The number of amides is 2. The zero-order valence-electron chi connectivity index (χ0n) is 20.5. The van der Waals surface area contributed by atoms with Crippen molar-refractivity contribution < 1.29 is 9.59 Å². The standard InChI is InChI=1S/2C15H13N3O/c2*19-15(14-8-11-16-12-9-14)18-17-10-4-7-13-5-2-1-3-6-13/h2*1-12H,(H,18,19)/b2*7-4+,17-10+. The number of allylic oxidation sites excluding steroid dienone is 2. The van der Waals surface area contributed by atoms with Crippen LogP contribution >= 0.6 is 0 Å². The van der Waals surface area contributed by atoms with Crippen LogP contribution in [0.5, 0.6) is 0 Å². The molecule has 2 N–H and O–H groups in total. The summed E-state index contributed by atoms with van der Waals surface area (Å²) in [6.45, 7) is 0. The van der Waals surface area contributed by atoms with Crippen molar-refractivity contribution in [3.05, 3.63) is 144 Å². The number of nitrogens with one attached hydrogen (secondary N) is 2. The van der Waals surface area contributed by atoms with Gasteiger partial charge in [0.1, 0.15) is 0 Å². The molecule has 4 aromatic rings. The van der Waals surface area contributed by atoms with Crippen molar-refractivity contribution in [3.63, 3.8) is 0 Å². The van der Waals surface area contributed by atoms with E-state index in [-0.39, 0.29) is 11.8 Å². The maximum Gasteiger partial charge on any atom is 0.271 e. The zero-order chi connectivity index (χ0) is 26.7. The monoisotopic (exact) mass is 502 g/mol. The Morgan fingerprint density at radius 3 is 1.29 bits per heavy atom. The molecule has 38 heavy (non-hydrogen) atoms. The Kier molecular flexibility index (Phi) is 11.6. The molecule has 0 saturated carbocycles. The van der Waals surface area contributed by atoms with Gasteiger partial charge < -0.3 is 0 Å². The smallest absolute Gasteiger partial charge is 0.267 e. The van der Waals surface area contributed by atoms with E-state index < -0.39 is 0 Å². The minimum absolute atomic E-state index is 0.258. The number of hydrogen-bond acceptors (Lipinski definition) is 6. The molecule has 2 aromatic heterocycles. The van der Waals surface area contributed by atoms with Crippen LogP contribution in [0.1, 0.15) is 31.8 Å². The molecule has 8 nitrogen and oxygen atoms in total. The molecule has 2 amide bonds. The highest BCUT2D eigenvalue weighted by Crippen LogP contribution is 2.01. The van der Waals surface area contributed by atoms with Gasteiger partial charge in [0.05, 0.1) is 0 Å². The number of carbonyl (C=O) groups excluding carboxylic acids is 2. The van der Waals surface area contributed by atoms with Crippen molar-refractivity contribution in [2.45, 2.75) is 0 Å². The highest BCUT2D eigenvalue weighted by Gasteiger charge is 2.02. The summed E-state index contributed by atoms with van der Waals surface area (Å²) in [5.41, 5.74) is 8.08. The topological polar surface area (TPSA) is 109 Å². The van der Waals surface area contributed by atoms with Crippen LogP contribution in [0.15, 0.2) is 132 Å². The summed E-state index contributed by atoms with van der Waals surface area (Å²) in [5.74, 6) is -0.515. The molecule has 2 aromatic carbocycles.